The second kappa shape index (κ2) is 4.65. The standard InChI is InChI=1S/C15H22N2O/c1-10-8-17(9-11(2)18-10)14-7-12-5-3-4-6-13(12)15(14)16/h3-6,10-11,14-15H,7-9,16H2,1-2H3. The molecule has 0 bridgehead atoms. The smallest absolute Gasteiger partial charge is 0.0678 e. The molecular weight excluding hydrogens is 224 g/mol. The van der Waals surface area contributed by atoms with Gasteiger partial charge in [-0.1, -0.05) is 24.3 Å². The zero-order valence-electron chi connectivity index (χ0n) is 11.2. The molecule has 98 valence electrons. The largest absolute Gasteiger partial charge is 0.373 e. The highest BCUT2D eigenvalue weighted by Gasteiger charge is 2.36. The first-order valence-electron chi connectivity index (χ1n) is 6.88. The van der Waals surface area contributed by atoms with Gasteiger partial charge in [-0.25, -0.2) is 0 Å². The van der Waals surface area contributed by atoms with Crippen LogP contribution < -0.4 is 5.73 Å². The van der Waals surface area contributed by atoms with Crippen LogP contribution in [0.2, 0.25) is 0 Å². The van der Waals surface area contributed by atoms with Gasteiger partial charge in [-0.2, -0.15) is 0 Å². The summed E-state index contributed by atoms with van der Waals surface area (Å²) < 4.78 is 5.81. The first kappa shape index (κ1) is 12.2. The van der Waals surface area contributed by atoms with Crippen molar-refractivity contribution in [3.8, 4) is 0 Å². The molecule has 0 radical (unpaired) electrons. The molecule has 2 aliphatic rings. The molecule has 18 heavy (non-hydrogen) atoms. The Balaban J connectivity index is 1.79. The normalized spacial score (nSPS) is 36.6. The lowest BCUT2D eigenvalue weighted by Crippen LogP contribution is -2.52. The lowest BCUT2D eigenvalue weighted by atomic mass is 10.1. The van der Waals surface area contributed by atoms with Gasteiger partial charge in [0, 0.05) is 25.2 Å². The van der Waals surface area contributed by atoms with Gasteiger partial charge in [-0.3, -0.25) is 4.90 Å². The van der Waals surface area contributed by atoms with Crippen molar-refractivity contribution in [1.29, 1.82) is 0 Å². The van der Waals surface area contributed by atoms with E-state index >= 15 is 0 Å². The van der Waals surface area contributed by atoms with Gasteiger partial charge in [-0.05, 0) is 31.4 Å². The minimum Gasteiger partial charge on any atom is -0.373 e. The van der Waals surface area contributed by atoms with Gasteiger partial charge in [0.05, 0.1) is 12.2 Å². The van der Waals surface area contributed by atoms with Crippen LogP contribution in [0.25, 0.3) is 0 Å². The summed E-state index contributed by atoms with van der Waals surface area (Å²) in [7, 11) is 0. The van der Waals surface area contributed by atoms with Crippen molar-refractivity contribution >= 4 is 0 Å². The summed E-state index contributed by atoms with van der Waals surface area (Å²) in [6.07, 6.45) is 1.70. The molecule has 0 amide bonds. The highest BCUT2D eigenvalue weighted by Crippen LogP contribution is 2.33. The summed E-state index contributed by atoms with van der Waals surface area (Å²) in [4.78, 5) is 2.52. The molecule has 1 aromatic rings. The van der Waals surface area contributed by atoms with Crippen molar-refractivity contribution in [3.05, 3.63) is 35.4 Å². The molecule has 1 saturated heterocycles. The molecule has 4 unspecified atom stereocenters. The predicted molar refractivity (Wildman–Crippen MR) is 72.4 cm³/mol. The monoisotopic (exact) mass is 246 g/mol. The molecule has 2 N–H and O–H groups in total. The van der Waals surface area contributed by atoms with Crippen LogP contribution in [0.15, 0.2) is 24.3 Å². The van der Waals surface area contributed by atoms with Crippen LogP contribution in [0.4, 0.5) is 0 Å². The van der Waals surface area contributed by atoms with E-state index in [1.807, 2.05) is 0 Å². The van der Waals surface area contributed by atoms with E-state index in [1.165, 1.54) is 11.1 Å². The van der Waals surface area contributed by atoms with Crippen molar-refractivity contribution in [1.82, 2.24) is 4.90 Å². The molecule has 0 spiro atoms. The van der Waals surface area contributed by atoms with E-state index in [0.29, 0.717) is 18.2 Å². The highest BCUT2D eigenvalue weighted by molar-refractivity contribution is 5.36. The summed E-state index contributed by atoms with van der Waals surface area (Å²) in [5.74, 6) is 0. The molecule has 1 fully saturated rings. The first-order chi connectivity index (χ1) is 8.65. The number of hydrogen-bond donors (Lipinski definition) is 1. The number of rotatable bonds is 1. The van der Waals surface area contributed by atoms with E-state index in [1.54, 1.807) is 0 Å². The van der Waals surface area contributed by atoms with Crippen molar-refractivity contribution in [2.75, 3.05) is 13.1 Å². The summed E-state index contributed by atoms with van der Waals surface area (Å²) in [6.45, 7) is 6.29. The molecule has 3 nitrogen and oxygen atoms in total. The topological polar surface area (TPSA) is 38.5 Å². The number of hydrogen-bond acceptors (Lipinski definition) is 3. The third-order valence-corrected chi connectivity index (χ3v) is 4.17. The Morgan fingerprint density at radius 2 is 1.83 bits per heavy atom. The van der Waals surface area contributed by atoms with Crippen molar-refractivity contribution in [2.24, 2.45) is 5.73 Å². The number of nitrogens with two attached hydrogens (primary N) is 1. The van der Waals surface area contributed by atoms with Gasteiger partial charge < -0.3 is 10.5 Å². The first-order valence-corrected chi connectivity index (χ1v) is 6.88. The summed E-state index contributed by atoms with van der Waals surface area (Å²) >= 11 is 0. The maximum absolute atomic E-state index is 6.43. The average Bonchev–Trinajstić information content (AvgIpc) is 2.66. The molecule has 1 aliphatic carbocycles. The Hall–Kier alpha value is -0.900. The molecular formula is C15H22N2O. The number of nitrogens with zero attached hydrogens (tertiary/aromatic N) is 1. The average molecular weight is 246 g/mol. The highest BCUT2D eigenvalue weighted by atomic mass is 16.5. The lowest BCUT2D eigenvalue weighted by molar-refractivity contribution is -0.0818. The van der Waals surface area contributed by atoms with Crippen LogP contribution in [0, 0.1) is 0 Å². The third-order valence-electron chi connectivity index (χ3n) is 4.17. The number of fused-ring (bicyclic) bond motifs is 1. The Morgan fingerprint density at radius 3 is 2.50 bits per heavy atom. The molecule has 4 atom stereocenters. The summed E-state index contributed by atoms with van der Waals surface area (Å²) in [6, 6.07) is 9.18. The third kappa shape index (κ3) is 2.07. The maximum atomic E-state index is 6.43. The van der Waals surface area contributed by atoms with Gasteiger partial charge in [0.2, 0.25) is 0 Å². The minimum absolute atomic E-state index is 0.152. The van der Waals surface area contributed by atoms with Gasteiger partial charge >= 0.3 is 0 Å². The van der Waals surface area contributed by atoms with Crippen LogP contribution >= 0.6 is 0 Å². The van der Waals surface area contributed by atoms with Crippen LogP contribution in [0.5, 0.6) is 0 Å². The van der Waals surface area contributed by atoms with Crippen LogP contribution in [0.3, 0.4) is 0 Å². The fraction of sp³-hybridized carbons (Fsp3) is 0.600. The molecule has 0 saturated carbocycles. The Bertz CT molecular complexity index is 424. The quantitative estimate of drug-likeness (QED) is 0.820. The van der Waals surface area contributed by atoms with E-state index < -0.39 is 0 Å². The fourth-order valence-corrected chi connectivity index (χ4v) is 3.45. The Kier molecular flexibility index (Phi) is 3.14. The number of ether oxygens (including phenoxy) is 1. The Morgan fingerprint density at radius 1 is 1.17 bits per heavy atom. The van der Waals surface area contributed by atoms with E-state index in [-0.39, 0.29) is 6.04 Å². The van der Waals surface area contributed by atoms with Gasteiger partial charge in [-0.15, -0.1) is 0 Å². The SMILES string of the molecule is CC1CN(C2Cc3ccccc3C2N)CC(C)O1. The predicted octanol–water partition coefficient (Wildman–Crippen LogP) is 1.72. The van der Waals surface area contributed by atoms with Crippen LogP contribution in [0.1, 0.15) is 31.0 Å². The minimum atomic E-state index is 0.152. The molecule has 1 aliphatic heterocycles. The van der Waals surface area contributed by atoms with Crippen molar-refractivity contribution < 1.29 is 4.74 Å². The van der Waals surface area contributed by atoms with E-state index in [0.717, 1.165) is 19.5 Å². The van der Waals surface area contributed by atoms with Gasteiger partial charge in [0.1, 0.15) is 0 Å². The molecule has 3 heteroatoms. The van der Waals surface area contributed by atoms with Crippen LogP contribution in [-0.2, 0) is 11.2 Å². The van der Waals surface area contributed by atoms with Gasteiger partial charge in [0.15, 0.2) is 0 Å². The second-order valence-corrected chi connectivity index (χ2v) is 5.71. The second-order valence-electron chi connectivity index (χ2n) is 5.71. The number of morpholine rings is 1. The van der Waals surface area contributed by atoms with Crippen molar-refractivity contribution in [3.63, 3.8) is 0 Å². The lowest BCUT2D eigenvalue weighted by Gasteiger charge is -2.40. The van der Waals surface area contributed by atoms with Gasteiger partial charge in [0.25, 0.3) is 0 Å². The number of benzene rings is 1. The fourth-order valence-electron chi connectivity index (χ4n) is 3.45. The van der Waals surface area contributed by atoms with Crippen LogP contribution in [-0.4, -0.2) is 36.2 Å². The molecule has 0 aromatic heterocycles. The summed E-state index contributed by atoms with van der Waals surface area (Å²) in [5, 5.41) is 0. The van der Waals surface area contributed by atoms with Crippen molar-refractivity contribution in [2.45, 2.75) is 44.6 Å². The van der Waals surface area contributed by atoms with E-state index in [2.05, 4.69) is 43.0 Å². The molecule has 1 heterocycles. The summed E-state index contributed by atoms with van der Waals surface area (Å²) in [5.41, 5.74) is 9.18. The Labute approximate surface area is 109 Å². The maximum Gasteiger partial charge on any atom is 0.0678 e. The van der Waals surface area contributed by atoms with E-state index in [9.17, 15) is 0 Å². The molecule has 1 aromatic carbocycles. The zero-order valence-corrected chi connectivity index (χ0v) is 11.2. The molecule has 3 rings (SSSR count). The van der Waals surface area contributed by atoms with E-state index in [4.69, 9.17) is 10.5 Å². The zero-order chi connectivity index (χ0) is 12.7.